The van der Waals surface area contributed by atoms with Crippen molar-refractivity contribution in [2.24, 2.45) is 0 Å². The molecule has 0 saturated carbocycles. The zero-order valence-corrected chi connectivity index (χ0v) is 8.52. The first-order chi connectivity index (χ1) is 6.44. The number of alkyl halides is 3. The van der Waals surface area contributed by atoms with Crippen LogP contribution in [0.5, 0.6) is 0 Å². The zero-order valence-electron chi connectivity index (χ0n) is 8.52. The average Bonchev–Trinajstić information content (AvgIpc) is 2.10. The van der Waals surface area contributed by atoms with Crippen molar-refractivity contribution in [3.05, 3.63) is 0 Å². The normalized spacial score (nSPS) is 14.8. The highest BCUT2D eigenvalue weighted by atomic mass is 19.4. The third-order valence-corrected chi connectivity index (χ3v) is 1.90. The number of ether oxygens (including phenoxy) is 2. The van der Waals surface area contributed by atoms with E-state index in [9.17, 15) is 13.2 Å². The Morgan fingerprint density at radius 3 is 2.00 bits per heavy atom. The molecule has 0 amide bonds. The summed E-state index contributed by atoms with van der Waals surface area (Å²) in [6.07, 6.45) is -5.70. The molecule has 0 aliphatic carbocycles. The summed E-state index contributed by atoms with van der Waals surface area (Å²) < 4.78 is 45.5. The van der Waals surface area contributed by atoms with Crippen LogP contribution in [0.1, 0.15) is 12.8 Å². The quantitative estimate of drug-likeness (QED) is 0.682. The van der Waals surface area contributed by atoms with E-state index in [0.29, 0.717) is 0 Å². The van der Waals surface area contributed by atoms with Crippen LogP contribution in [-0.2, 0) is 9.47 Å². The SMILES string of the molecule is CNC(CCC(F)(F)F)C(OC)OC. The van der Waals surface area contributed by atoms with Crippen LogP contribution in [0, 0.1) is 0 Å². The number of hydrogen-bond donors (Lipinski definition) is 1. The van der Waals surface area contributed by atoms with Gasteiger partial charge in [-0.2, -0.15) is 13.2 Å². The third kappa shape index (κ3) is 5.41. The minimum absolute atomic E-state index is 0.0631. The molecule has 1 unspecified atom stereocenters. The molecule has 0 saturated heterocycles. The molecule has 3 nitrogen and oxygen atoms in total. The van der Waals surface area contributed by atoms with Gasteiger partial charge in [0.15, 0.2) is 6.29 Å². The van der Waals surface area contributed by atoms with E-state index in [2.05, 4.69) is 5.32 Å². The highest BCUT2D eigenvalue weighted by molar-refractivity contribution is 4.70. The van der Waals surface area contributed by atoms with Gasteiger partial charge >= 0.3 is 6.18 Å². The van der Waals surface area contributed by atoms with Gasteiger partial charge in [-0.15, -0.1) is 0 Å². The summed E-state index contributed by atoms with van der Waals surface area (Å²) in [5.74, 6) is 0. The van der Waals surface area contributed by atoms with Crippen molar-refractivity contribution >= 4 is 0 Å². The largest absolute Gasteiger partial charge is 0.389 e. The second kappa shape index (κ2) is 6.21. The molecule has 1 N–H and O–H groups in total. The molecule has 6 heteroatoms. The van der Waals surface area contributed by atoms with Crippen LogP contribution in [-0.4, -0.2) is 39.8 Å². The summed E-state index contributed by atoms with van der Waals surface area (Å²) in [4.78, 5) is 0. The number of likely N-dealkylation sites (N-methyl/N-ethyl adjacent to an activating group) is 1. The Labute approximate surface area is 81.6 Å². The first-order valence-corrected chi connectivity index (χ1v) is 4.24. The summed E-state index contributed by atoms with van der Waals surface area (Å²) >= 11 is 0. The number of nitrogens with one attached hydrogen (secondary N) is 1. The van der Waals surface area contributed by atoms with Gasteiger partial charge in [-0.25, -0.2) is 0 Å². The molecule has 0 rings (SSSR count). The molecule has 0 spiro atoms. The van der Waals surface area contributed by atoms with E-state index in [1.165, 1.54) is 14.2 Å². The third-order valence-electron chi connectivity index (χ3n) is 1.90. The molecule has 0 aromatic heterocycles. The van der Waals surface area contributed by atoms with Crippen molar-refractivity contribution < 1.29 is 22.6 Å². The predicted molar refractivity (Wildman–Crippen MR) is 45.9 cm³/mol. The fourth-order valence-corrected chi connectivity index (χ4v) is 1.16. The second-order valence-electron chi connectivity index (χ2n) is 2.89. The lowest BCUT2D eigenvalue weighted by atomic mass is 10.1. The fraction of sp³-hybridized carbons (Fsp3) is 1.00. The van der Waals surface area contributed by atoms with Gasteiger partial charge in [0.25, 0.3) is 0 Å². The van der Waals surface area contributed by atoms with Crippen LogP contribution in [0.2, 0.25) is 0 Å². The molecule has 1 atom stereocenters. The lowest BCUT2D eigenvalue weighted by molar-refractivity contribution is -0.152. The van der Waals surface area contributed by atoms with E-state index in [1.54, 1.807) is 7.05 Å². The van der Waals surface area contributed by atoms with E-state index in [1.807, 2.05) is 0 Å². The maximum atomic E-state index is 11.9. The van der Waals surface area contributed by atoms with Gasteiger partial charge in [-0.1, -0.05) is 0 Å². The maximum Gasteiger partial charge on any atom is 0.389 e. The molecule has 0 fully saturated rings. The van der Waals surface area contributed by atoms with Crippen LogP contribution in [0.25, 0.3) is 0 Å². The minimum atomic E-state index is -4.14. The van der Waals surface area contributed by atoms with Gasteiger partial charge in [-0.05, 0) is 13.5 Å². The van der Waals surface area contributed by atoms with Crippen molar-refractivity contribution in [2.75, 3.05) is 21.3 Å². The zero-order chi connectivity index (χ0) is 11.2. The van der Waals surface area contributed by atoms with Gasteiger partial charge in [0.1, 0.15) is 0 Å². The van der Waals surface area contributed by atoms with Crippen LogP contribution in [0.15, 0.2) is 0 Å². The number of rotatable bonds is 6. The van der Waals surface area contributed by atoms with Gasteiger partial charge < -0.3 is 14.8 Å². The van der Waals surface area contributed by atoms with E-state index in [0.717, 1.165) is 0 Å². The molecular weight excluding hydrogens is 199 g/mol. The minimum Gasteiger partial charge on any atom is -0.354 e. The average molecular weight is 215 g/mol. The Kier molecular flexibility index (Phi) is 6.06. The summed E-state index contributed by atoms with van der Waals surface area (Å²) in [5, 5.41) is 2.73. The molecule has 0 radical (unpaired) electrons. The second-order valence-corrected chi connectivity index (χ2v) is 2.89. The van der Waals surface area contributed by atoms with Gasteiger partial charge in [0.05, 0.1) is 6.04 Å². The molecule has 0 aromatic rings. The lowest BCUT2D eigenvalue weighted by Crippen LogP contribution is -2.40. The van der Waals surface area contributed by atoms with Crippen LogP contribution >= 0.6 is 0 Å². The van der Waals surface area contributed by atoms with Gasteiger partial charge in [0.2, 0.25) is 0 Å². The van der Waals surface area contributed by atoms with Crippen molar-refractivity contribution in [1.82, 2.24) is 5.32 Å². The highest BCUT2D eigenvalue weighted by Gasteiger charge is 2.30. The molecule has 14 heavy (non-hydrogen) atoms. The molecule has 0 aromatic carbocycles. The monoisotopic (exact) mass is 215 g/mol. The first-order valence-electron chi connectivity index (χ1n) is 4.24. The van der Waals surface area contributed by atoms with E-state index >= 15 is 0 Å². The van der Waals surface area contributed by atoms with Crippen molar-refractivity contribution in [1.29, 1.82) is 0 Å². The van der Waals surface area contributed by atoms with Crippen LogP contribution < -0.4 is 5.32 Å². The van der Waals surface area contributed by atoms with Gasteiger partial charge in [0, 0.05) is 20.6 Å². The van der Waals surface area contributed by atoms with Crippen molar-refractivity contribution in [3.63, 3.8) is 0 Å². The highest BCUT2D eigenvalue weighted by Crippen LogP contribution is 2.23. The van der Waals surface area contributed by atoms with Crippen LogP contribution in [0.4, 0.5) is 13.2 Å². The number of hydrogen-bond acceptors (Lipinski definition) is 3. The molecule has 0 aliphatic rings. The van der Waals surface area contributed by atoms with Crippen molar-refractivity contribution in [2.45, 2.75) is 31.3 Å². The predicted octanol–water partition coefficient (Wildman–Crippen LogP) is 1.54. The summed E-state index contributed by atoms with van der Waals surface area (Å²) in [6, 6.07) is -0.452. The van der Waals surface area contributed by atoms with Crippen LogP contribution in [0.3, 0.4) is 0 Å². The summed E-state index contributed by atoms with van der Waals surface area (Å²) in [5.41, 5.74) is 0. The maximum absolute atomic E-state index is 11.9. The molecule has 86 valence electrons. The molecular formula is C8H16F3NO2. The van der Waals surface area contributed by atoms with E-state index < -0.39 is 24.9 Å². The topological polar surface area (TPSA) is 30.5 Å². The molecule has 0 bridgehead atoms. The number of methoxy groups -OCH3 is 2. The Balaban J connectivity index is 4.01. The first kappa shape index (κ1) is 13.7. The van der Waals surface area contributed by atoms with E-state index in [-0.39, 0.29) is 6.42 Å². The Bertz CT molecular complexity index is 148. The fourth-order valence-electron chi connectivity index (χ4n) is 1.16. The van der Waals surface area contributed by atoms with E-state index in [4.69, 9.17) is 9.47 Å². The molecule has 0 heterocycles. The smallest absolute Gasteiger partial charge is 0.354 e. The molecule has 0 aliphatic heterocycles. The van der Waals surface area contributed by atoms with Crippen molar-refractivity contribution in [3.8, 4) is 0 Å². The van der Waals surface area contributed by atoms with Gasteiger partial charge in [-0.3, -0.25) is 0 Å². The Morgan fingerprint density at radius 2 is 1.71 bits per heavy atom. The standard InChI is InChI=1S/C8H16F3NO2/c1-12-6(7(13-2)14-3)4-5-8(9,10)11/h6-7,12H,4-5H2,1-3H3. The summed E-state index contributed by atoms with van der Waals surface area (Å²) in [6.45, 7) is 0. The Morgan fingerprint density at radius 1 is 1.21 bits per heavy atom. The number of halogens is 3. The Hall–Kier alpha value is -0.330. The lowest BCUT2D eigenvalue weighted by Gasteiger charge is -2.24. The summed E-state index contributed by atoms with van der Waals surface area (Å²) in [7, 11) is 4.37.